The zero-order valence-corrected chi connectivity index (χ0v) is 7.29. The molecule has 0 aliphatic carbocycles. The average molecular weight is 196 g/mol. The highest BCUT2D eigenvalue weighted by molar-refractivity contribution is 6.31. The summed E-state index contributed by atoms with van der Waals surface area (Å²) >= 11 is 5.54. The molecule has 1 rings (SSSR count). The summed E-state index contributed by atoms with van der Waals surface area (Å²) in [7, 11) is 1.61. The minimum absolute atomic E-state index is 0. The van der Waals surface area contributed by atoms with E-state index in [4.69, 9.17) is 11.6 Å². The number of rotatable bonds is 1. The summed E-state index contributed by atoms with van der Waals surface area (Å²) in [5.41, 5.74) is 0.0340. The largest absolute Gasteiger partial charge is 0.381 e. The van der Waals surface area contributed by atoms with E-state index >= 15 is 0 Å². The Morgan fingerprint density at radius 2 is 2.36 bits per heavy atom. The lowest BCUT2D eigenvalue weighted by Crippen LogP contribution is -2.12. The van der Waals surface area contributed by atoms with Gasteiger partial charge in [0, 0.05) is 7.05 Å². The van der Waals surface area contributed by atoms with Crippen molar-refractivity contribution < 1.29 is 0 Å². The van der Waals surface area contributed by atoms with Gasteiger partial charge in [0.1, 0.15) is 5.69 Å². The first-order valence-electron chi connectivity index (χ1n) is 2.66. The van der Waals surface area contributed by atoms with Crippen molar-refractivity contribution >= 4 is 29.7 Å². The summed E-state index contributed by atoms with van der Waals surface area (Å²) in [6.45, 7) is 0. The van der Waals surface area contributed by atoms with Crippen molar-refractivity contribution in [2.45, 2.75) is 0 Å². The fourth-order valence-electron chi connectivity index (χ4n) is 0.595. The second-order valence-electron chi connectivity index (χ2n) is 1.65. The second kappa shape index (κ2) is 4.20. The van der Waals surface area contributed by atoms with E-state index in [1.165, 1.54) is 6.33 Å². The highest BCUT2D eigenvalue weighted by Gasteiger charge is 2.01. The summed E-state index contributed by atoms with van der Waals surface area (Å²) in [6, 6.07) is 0. The maximum atomic E-state index is 10.8. The van der Waals surface area contributed by atoms with E-state index in [9.17, 15) is 4.79 Å². The number of halogens is 2. The Labute approximate surface area is 74.4 Å². The van der Waals surface area contributed by atoms with Gasteiger partial charge in [-0.05, 0) is 0 Å². The van der Waals surface area contributed by atoms with Crippen molar-refractivity contribution in [3.05, 3.63) is 21.8 Å². The quantitative estimate of drug-likeness (QED) is 0.655. The number of aromatic amines is 1. The Bertz CT molecular complexity index is 285. The lowest BCUT2D eigenvalue weighted by Gasteiger charge is -1.97. The van der Waals surface area contributed by atoms with Gasteiger partial charge in [0.05, 0.1) is 6.33 Å². The molecule has 1 aromatic rings. The van der Waals surface area contributed by atoms with Crippen LogP contribution in [0.1, 0.15) is 0 Å². The number of nitrogens with zero attached hydrogens (tertiary/aromatic N) is 1. The SMILES string of the molecule is CNc1c(Cl)nc[nH]c1=O.Cl. The highest BCUT2D eigenvalue weighted by atomic mass is 35.5. The summed E-state index contributed by atoms with van der Waals surface area (Å²) in [5, 5.41) is 2.81. The molecule has 0 atom stereocenters. The normalized spacial score (nSPS) is 8.55. The third-order valence-corrected chi connectivity index (χ3v) is 1.34. The average Bonchev–Trinajstić information content (AvgIpc) is 1.88. The number of hydrogen-bond donors (Lipinski definition) is 2. The van der Waals surface area contributed by atoms with Gasteiger partial charge in [-0.1, -0.05) is 11.6 Å². The predicted molar refractivity (Wildman–Crippen MR) is 46.7 cm³/mol. The fraction of sp³-hybridized carbons (Fsp3) is 0.200. The van der Waals surface area contributed by atoms with Gasteiger partial charge in [-0.2, -0.15) is 0 Å². The van der Waals surface area contributed by atoms with Crippen LogP contribution in [-0.2, 0) is 0 Å². The van der Waals surface area contributed by atoms with Gasteiger partial charge in [-0.25, -0.2) is 4.98 Å². The third kappa shape index (κ3) is 2.10. The van der Waals surface area contributed by atoms with E-state index in [2.05, 4.69) is 15.3 Å². The van der Waals surface area contributed by atoms with Gasteiger partial charge >= 0.3 is 0 Å². The highest BCUT2D eigenvalue weighted by Crippen LogP contribution is 2.09. The van der Waals surface area contributed by atoms with Crippen LogP contribution in [0.5, 0.6) is 0 Å². The smallest absolute Gasteiger partial charge is 0.275 e. The molecular formula is C5H7Cl2N3O. The maximum absolute atomic E-state index is 10.8. The van der Waals surface area contributed by atoms with Crippen LogP contribution >= 0.6 is 24.0 Å². The van der Waals surface area contributed by atoms with Crippen LogP contribution in [0, 0.1) is 0 Å². The Hall–Kier alpha value is -0.740. The van der Waals surface area contributed by atoms with Crippen molar-refractivity contribution in [1.29, 1.82) is 0 Å². The van der Waals surface area contributed by atoms with E-state index in [1.807, 2.05) is 0 Å². The molecule has 0 bridgehead atoms. The van der Waals surface area contributed by atoms with Crippen LogP contribution in [-0.4, -0.2) is 17.0 Å². The van der Waals surface area contributed by atoms with E-state index in [1.54, 1.807) is 7.05 Å². The topological polar surface area (TPSA) is 57.8 Å². The fourth-order valence-corrected chi connectivity index (χ4v) is 0.824. The molecule has 4 nitrogen and oxygen atoms in total. The van der Waals surface area contributed by atoms with Crippen molar-refractivity contribution in [3.8, 4) is 0 Å². The lowest BCUT2D eigenvalue weighted by molar-refractivity contribution is 1.11. The van der Waals surface area contributed by atoms with Crippen LogP contribution in [0.15, 0.2) is 11.1 Å². The summed E-state index contributed by atoms with van der Waals surface area (Å²) in [6.07, 6.45) is 1.26. The van der Waals surface area contributed by atoms with Crippen LogP contribution in [0.25, 0.3) is 0 Å². The molecule has 0 spiro atoms. The number of anilines is 1. The van der Waals surface area contributed by atoms with E-state index < -0.39 is 0 Å². The molecular weight excluding hydrogens is 189 g/mol. The molecule has 0 amide bonds. The minimum atomic E-state index is -0.262. The van der Waals surface area contributed by atoms with Gasteiger partial charge in [0.2, 0.25) is 0 Å². The van der Waals surface area contributed by atoms with Gasteiger partial charge in [-0.15, -0.1) is 12.4 Å². The lowest BCUT2D eigenvalue weighted by atomic mass is 10.5. The van der Waals surface area contributed by atoms with Gasteiger partial charge in [-0.3, -0.25) is 4.79 Å². The first-order chi connectivity index (χ1) is 4.75. The molecule has 2 N–H and O–H groups in total. The van der Waals surface area contributed by atoms with E-state index in [-0.39, 0.29) is 23.1 Å². The standard InChI is InChI=1S/C5H6ClN3O.ClH/c1-7-3-4(6)8-2-9-5(3)10;/h2,7H,1H3,(H,8,9,10);1H. The van der Waals surface area contributed by atoms with Crippen molar-refractivity contribution in [1.82, 2.24) is 9.97 Å². The molecule has 6 heteroatoms. The van der Waals surface area contributed by atoms with Gasteiger partial charge < -0.3 is 10.3 Å². The molecule has 1 aromatic heterocycles. The zero-order valence-electron chi connectivity index (χ0n) is 5.72. The number of hydrogen-bond acceptors (Lipinski definition) is 3. The van der Waals surface area contributed by atoms with Crippen molar-refractivity contribution in [2.75, 3.05) is 12.4 Å². The molecule has 0 unspecified atom stereocenters. The Morgan fingerprint density at radius 3 is 2.73 bits per heavy atom. The predicted octanol–water partition coefficient (Wildman–Crippen LogP) is 0.887. The summed E-state index contributed by atoms with van der Waals surface area (Å²) in [4.78, 5) is 16.9. The Kier molecular flexibility index (Phi) is 3.92. The molecule has 62 valence electrons. The first-order valence-corrected chi connectivity index (χ1v) is 3.04. The second-order valence-corrected chi connectivity index (χ2v) is 2.01. The monoisotopic (exact) mass is 195 g/mol. The molecule has 0 aromatic carbocycles. The van der Waals surface area contributed by atoms with Gasteiger partial charge in [0.25, 0.3) is 5.56 Å². The molecule has 11 heavy (non-hydrogen) atoms. The van der Waals surface area contributed by atoms with E-state index in [0.717, 1.165) is 0 Å². The number of aromatic nitrogens is 2. The van der Waals surface area contributed by atoms with E-state index in [0.29, 0.717) is 5.69 Å². The first kappa shape index (κ1) is 10.3. The molecule has 0 aliphatic rings. The van der Waals surface area contributed by atoms with Crippen LogP contribution < -0.4 is 10.9 Å². The molecule has 0 radical (unpaired) electrons. The van der Waals surface area contributed by atoms with Crippen molar-refractivity contribution in [3.63, 3.8) is 0 Å². The maximum Gasteiger partial charge on any atom is 0.275 e. The summed E-state index contributed by atoms with van der Waals surface area (Å²) in [5.74, 6) is 0. The van der Waals surface area contributed by atoms with Crippen LogP contribution in [0.2, 0.25) is 5.15 Å². The van der Waals surface area contributed by atoms with Crippen molar-refractivity contribution in [2.24, 2.45) is 0 Å². The Balaban J connectivity index is 0.000001000. The van der Waals surface area contributed by atoms with Gasteiger partial charge in [0.15, 0.2) is 5.15 Å². The zero-order chi connectivity index (χ0) is 7.56. The molecule has 0 aliphatic heterocycles. The molecule has 0 saturated carbocycles. The third-order valence-electron chi connectivity index (χ3n) is 1.06. The Morgan fingerprint density at radius 1 is 1.73 bits per heavy atom. The molecule has 0 saturated heterocycles. The molecule has 1 heterocycles. The van der Waals surface area contributed by atoms with Crippen LogP contribution in [0.3, 0.4) is 0 Å². The van der Waals surface area contributed by atoms with Crippen LogP contribution in [0.4, 0.5) is 5.69 Å². The molecule has 0 fully saturated rings. The minimum Gasteiger partial charge on any atom is -0.381 e. The number of nitrogens with one attached hydrogen (secondary N) is 2. The number of H-pyrrole nitrogens is 1. The summed E-state index contributed by atoms with van der Waals surface area (Å²) < 4.78 is 0.